The lowest BCUT2D eigenvalue weighted by Gasteiger charge is -2.02. The lowest BCUT2D eigenvalue weighted by Crippen LogP contribution is -2.02. The number of hydrogen-bond donors (Lipinski definition) is 0. The van der Waals surface area contributed by atoms with Crippen LogP contribution in [0.15, 0.2) is 67.4 Å². The molecule has 1 heterocycles. The second kappa shape index (κ2) is 5.94. The Morgan fingerprint density at radius 2 is 1.65 bits per heavy atom. The first-order chi connectivity index (χ1) is 10.9. The molecule has 0 atom stereocenters. The molecule has 0 spiro atoms. The van der Waals surface area contributed by atoms with Gasteiger partial charge in [0, 0.05) is 4.47 Å². The van der Waals surface area contributed by atoms with Crippen molar-refractivity contribution in [3.05, 3.63) is 64.3 Å². The van der Waals surface area contributed by atoms with Crippen LogP contribution in [0, 0.1) is 13.8 Å². The number of sulfone groups is 1. The van der Waals surface area contributed by atoms with Gasteiger partial charge in [0.1, 0.15) is 0 Å². The van der Waals surface area contributed by atoms with Gasteiger partial charge < -0.3 is 4.42 Å². The third-order valence-electron chi connectivity index (χ3n) is 3.43. The molecule has 3 rings (SSSR count). The van der Waals surface area contributed by atoms with Crippen molar-refractivity contribution in [3.63, 3.8) is 0 Å². The normalized spacial score (nSPS) is 11.6. The van der Waals surface area contributed by atoms with Crippen LogP contribution in [0.1, 0.15) is 11.3 Å². The average molecular weight is 392 g/mol. The summed E-state index contributed by atoms with van der Waals surface area (Å²) < 4.78 is 31.9. The quantitative estimate of drug-likeness (QED) is 0.656. The predicted molar refractivity (Wildman–Crippen MR) is 91.0 cm³/mol. The second-order valence-corrected chi connectivity index (χ2v) is 7.89. The number of aromatic nitrogens is 1. The SMILES string of the molecule is Cc1ccc(S(=O)(=O)c2oc(-c3ccccc3Br)nc2C)cc1. The Kier molecular flexibility index (Phi) is 4.12. The Balaban J connectivity index is 2.11. The van der Waals surface area contributed by atoms with Gasteiger partial charge in [-0.3, -0.25) is 0 Å². The number of halogens is 1. The zero-order chi connectivity index (χ0) is 16.6. The van der Waals surface area contributed by atoms with Gasteiger partial charge in [0.05, 0.1) is 16.2 Å². The third kappa shape index (κ3) is 2.96. The summed E-state index contributed by atoms with van der Waals surface area (Å²) in [5.41, 5.74) is 2.05. The Morgan fingerprint density at radius 3 is 2.30 bits per heavy atom. The minimum atomic E-state index is -3.73. The summed E-state index contributed by atoms with van der Waals surface area (Å²) in [5.74, 6) is 0.278. The molecule has 0 bridgehead atoms. The van der Waals surface area contributed by atoms with Gasteiger partial charge >= 0.3 is 0 Å². The van der Waals surface area contributed by atoms with E-state index < -0.39 is 9.84 Å². The van der Waals surface area contributed by atoms with Crippen molar-refractivity contribution in [2.75, 3.05) is 0 Å². The van der Waals surface area contributed by atoms with Gasteiger partial charge in [-0.25, -0.2) is 13.4 Å². The molecule has 0 aliphatic heterocycles. The highest BCUT2D eigenvalue weighted by atomic mass is 79.9. The standard InChI is InChI=1S/C17H14BrNO3S/c1-11-7-9-13(10-8-11)23(20,21)17-12(2)19-16(22-17)14-5-3-4-6-15(14)18/h3-10H,1-2H3. The molecule has 4 nitrogen and oxygen atoms in total. The number of nitrogens with zero attached hydrogens (tertiary/aromatic N) is 1. The van der Waals surface area contributed by atoms with E-state index in [1.54, 1.807) is 31.2 Å². The highest BCUT2D eigenvalue weighted by Crippen LogP contribution is 2.32. The summed E-state index contributed by atoms with van der Waals surface area (Å²) in [6.45, 7) is 3.53. The smallest absolute Gasteiger partial charge is 0.246 e. The molecule has 0 fully saturated rings. The molecular weight excluding hydrogens is 378 g/mol. The van der Waals surface area contributed by atoms with E-state index in [1.807, 2.05) is 31.2 Å². The molecule has 2 aromatic carbocycles. The molecule has 0 saturated carbocycles. The number of aryl methyl sites for hydroxylation is 2. The fourth-order valence-corrected chi connectivity index (χ4v) is 3.99. The molecule has 6 heteroatoms. The molecule has 3 aromatic rings. The minimum absolute atomic E-state index is 0.118. The lowest BCUT2D eigenvalue weighted by molar-refractivity contribution is 0.455. The Bertz CT molecular complexity index is 960. The number of benzene rings is 2. The first kappa shape index (κ1) is 16.0. The van der Waals surface area contributed by atoms with Crippen molar-refractivity contribution in [2.24, 2.45) is 0 Å². The van der Waals surface area contributed by atoms with Crippen LogP contribution in [-0.4, -0.2) is 13.4 Å². The van der Waals surface area contributed by atoms with Gasteiger partial charge in [-0.2, -0.15) is 0 Å². The molecule has 1 aromatic heterocycles. The van der Waals surface area contributed by atoms with Crippen molar-refractivity contribution in [2.45, 2.75) is 23.8 Å². The molecule has 0 saturated heterocycles. The Labute approximate surface area is 143 Å². The van der Waals surface area contributed by atoms with Crippen molar-refractivity contribution in [1.82, 2.24) is 4.98 Å². The Morgan fingerprint density at radius 1 is 1.00 bits per heavy atom. The summed E-state index contributed by atoms with van der Waals surface area (Å²) in [7, 11) is -3.73. The number of oxazole rings is 1. The molecule has 23 heavy (non-hydrogen) atoms. The molecule has 0 radical (unpaired) electrons. The van der Waals surface area contributed by atoms with Crippen LogP contribution in [0.5, 0.6) is 0 Å². The van der Waals surface area contributed by atoms with Crippen molar-refractivity contribution in [1.29, 1.82) is 0 Å². The van der Waals surface area contributed by atoms with E-state index in [0.717, 1.165) is 10.0 Å². The maximum absolute atomic E-state index is 12.8. The summed E-state index contributed by atoms with van der Waals surface area (Å²) in [4.78, 5) is 4.47. The van der Waals surface area contributed by atoms with E-state index in [9.17, 15) is 8.42 Å². The Hall–Kier alpha value is -1.92. The first-order valence-corrected chi connectivity index (χ1v) is 9.21. The van der Waals surface area contributed by atoms with Crippen LogP contribution < -0.4 is 0 Å². The first-order valence-electron chi connectivity index (χ1n) is 6.93. The third-order valence-corrected chi connectivity index (χ3v) is 5.88. The molecule has 0 aliphatic carbocycles. The molecule has 0 amide bonds. The molecule has 0 unspecified atom stereocenters. The second-order valence-electron chi connectivity index (χ2n) is 5.19. The summed E-state index contributed by atoms with van der Waals surface area (Å²) in [6, 6.07) is 14.0. The van der Waals surface area contributed by atoms with Gasteiger partial charge in [-0.05, 0) is 54.0 Å². The largest absolute Gasteiger partial charge is 0.424 e. The average Bonchev–Trinajstić information content (AvgIpc) is 2.90. The minimum Gasteiger partial charge on any atom is -0.424 e. The van der Waals surface area contributed by atoms with Gasteiger partial charge in [0.25, 0.3) is 0 Å². The van der Waals surface area contributed by atoms with Crippen LogP contribution in [0.4, 0.5) is 0 Å². The zero-order valence-corrected chi connectivity index (χ0v) is 15.0. The van der Waals surface area contributed by atoms with E-state index in [0.29, 0.717) is 11.3 Å². The fourth-order valence-electron chi connectivity index (χ4n) is 2.21. The van der Waals surface area contributed by atoms with Crippen LogP contribution in [0.3, 0.4) is 0 Å². The van der Waals surface area contributed by atoms with Crippen molar-refractivity contribution in [3.8, 4) is 11.5 Å². The van der Waals surface area contributed by atoms with Gasteiger partial charge in [0.2, 0.25) is 20.8 Å². The van der Waals surface area contributed by atoms with Crippen LogP contribution in [-0.2, 0) is 9.84 Å². The van der Waals surface area contributed by atoms with Gasteiger partial charge in [-0.15, -0.1) is 0 Å². The molecule has 0 N–H and O–H groups in total. The van der Waals surface area contributed by atoms with E-state index in [2.05, 4.69) is 20.9 Å². The fraction of sp³-hybridized carbons (Fsp3) is 0.118. The van der Waals surface area contributed by atoms with Crippen LogP contribution >= 0.6 is 15.9 Å². The van der Waals surface area contributed by atoms with E-state index in [4.69, 9.17) is 4.42 Å². The summed E-state index contributed by atoms with van der Waals surface area (Å²) >= 11 is 3.42. The maximum atomic E-state index is 12.8. The van der Waals surface area contributed by atoms with E-state index in [-0.39, 0.29) is 15.9 Å². The van der Waals surface area contributed by atoms with Crippen molar-refractivity contribution >= 4 is 25.8 Å². The molecular formula is C17H14BrNO3S. The number of rotatable bonds is 3. The highest BCUT2D eigenvalue weighted by molar-refractivity contribution is 9.10. The van der Waals surface area contributed by atoms with Crippen LogP contribution in [0.25, 0.3) is 11.5 Å². The maximum Gasteiger partial charge on any atom is 0.246 e. The topological polar surface area (TPSA) is 60.2 Å². The van der Waals surface area contributed by atoms with Gasteiger partial charge in [0.15, 0.2) is 0 Å². The monoisotopic (exact) mass is 391 g/mol. The van der Waals surface area contributed by atoms with E-state index >= 15 is 0 Å². The zero-order valence-electron chi connectivity index (χ0n) is 12.6. The van der Waals surface area contributed by atoms with Crippen molar-refractivity contribution < 1.29 is 12.8 Å². The predicted octanol–water partition coefficient (Wildman–Crippen LogP) is 4.55. The van der Waals surface area contributed by atoms with E-state index in [1.165, 1.54) is 0 Å². The number of hydrogen-bond acceptors (Lipinski definition) is 4. The van der Waals surface area contributed by atoms with Gasteiger partial charge in [-0.1, -0.05) is 29.8 Å². The molecule has 0 aliphatic rings. The molecule has 118 valence electrons. The summed E-state index contributed by atoms with van der Waals surface area (Å²) in [5, 5.41) is -0.118. The summed E-state index contributed by atoms with van der Waals surface area (Å²) in [6.07, 6.45) is 0. The van der Waals surface area contributed by atoms with Crippen LogP contribution in [0.2, 0.25) is 0 Å². The lowest BCUT2D eigenvalue weighted by atomic mass is 10.2. The highest BCUT2D eigenvalue weighted by Gasteiger charge is 2.26.